The Morgan fingerprint density at radius 3 is 1.47 bits per heavy atom. The zero-order valence-electron chi connectivity index (χ0n) is 33.5. The zero-order chi connectivity index (χ0) is 45.7. The minimum absolute atomic E-state index is 0.157. The second-order valence-electron chi connectivity index (χ2n) is 14.9. The van der Waals surface area contributed by atoms with Gasteiger partial charge in [0.2, 0.25) is 0 Å². The van der Waals surface area contributed by atoms with Crippen LogP contribution in [0.5, 0.6) is 11.5 Å². The van der Waals surface area contributed by atoms with E-state index in [0.717, 1.165) is 22.7 Å². The topological polar surface area (TPSA) is 198 Å². The summed E-state index contributed by atoms with van der Waals surface area (Å²) in [7, 11) is -7.12. The van der Waals surface area contributed by atoms with E-state index >= 15 is 0 Å². The smallest absolute Gasteiger partial charge is 0.304 e. The number of aromatic nitrogens is 2. The molecule has 2 amide bonds. The fourth-order valence-corrected chi connectivity index (χ4v) is 12.3. The van der Waals surface area contributed by atoms with Gasteiger partial charge in [-0.3, -0.25) is 18.7 Å². The Hall–Kier alpha value is -4.12. The van der Waals surface area contributed by atoms with Crippen molar-refractivity contribution in [3.05, 3.63) is 103 Å². The first-order valence-electron chi connectivity index (χ1n) is 19.5. The number of carbonyl (C=O) groups excluding carboxylic acids is 2. The number of carbonyl (C=O) groups is 2. The number of ether oxygens (including phenoxy) is 2. The Balaban J connectivity index is 0.907. The molecule has 2 aromatic carbocycles. The average molecular weight is 1030 g/mol. The van der Waals surface area contributed by atoms with Crippen LogP contribution in [0, 0.1) is 0 Å². The van der Waals surface area contributed by atoms with Crippen LogP contribution >= 0.6 is 69.1 Å². The van der Waals surface area contributed by atoms with Gasteiger partial charge in [-0.25, -0.2) is 0 Å². The van der Waals surface area contributed by atoms with Crippen molar-refractivity contribution >= 4 is 101 Å². The van der Waals surface area contributed by atoms with Crippen LogP contribution in [0.2, 0.25) is 20.1 Å². The van der Waals surface area contributed by atoms with E-state index < -0.39 is 20.2 Å². The molecule has 0 aliphatic carbocycles. The molecule has 15 nitrogen and oxygen atoms in total. The Morgan fingerprint density at radius 1 is 0.688 bits per heavy atom. The summed E-state index contributed by atoms with van der Waals surface area (Å²) in [6.07, 6.45) is 5.20. The molecule has 0 saturated heterocycles. The van der Waals surface area contributed by atoms with E-state index in [0.29, 0.717) is 127 Å². The fourth-order valence-electron chi connectivity index (χ4n) is 7.65. The molecule has 6 heterocycles. The molecule has 0 unspecified atom stereocenters. The Morgan fingerprint density at radius 2 is 1.09 bits per heavy atom. The second kappa shape index (κ2) is 18.6. The summed E-state index contributed by atoms with van der Waals surface area (Å²) in [6, 6.07) is 12.4. The monoisotopic (exact) mass is 1030 g/mol. The predicted octanol–water partition coefficient (Wildman–Crippen LogP) is 8.57. The maximum absolute atomic E-state index is 13.8. The first kappa shape index (κ1) is 46.4. The minimum atomic E-state index is -4.53. The number of nitrogens with zero attached hydrogens (tertiary/aromatic N) is 3. The quantitative estimate of drug-likeness (QED) is 0.0602. The highest BCUT2D eigenvalue weighted by Crippen LogP contribution is 2.48. The van der Waals surface area contributed by atoms with Crippen LogP contribution in [0.1, 0.15) is 44.7 Å². The van der Waals surface area contributed by atoms with E-state index in [1.165, 1.54) is 12.1 Å². The van der Waals surface area contributed by atoms with Gasteiger partial charge in [-0.15, -0.1) is 22.7 Å². The lowest BCUT2D eigenvalue weighted by Gasteiger charge is -2.17. The van der Waals surface area contributed by atoms with Crippen molar-refractivity contribution in [1.29, 1.82) is 0 Å². The number of hydrogen-bond donors (Lipinski definition) is 4. The predicted molar refractivity (Wildman–Crippen MR) is 248 cm³/mol. The van der Waals surface area contributed by atoms with Crippen molar-refractivity contribution in [2.24, 2.45) is 0 Å². The number of fused-ring (bicyclic) bond motifs is 6. The Labute approximate surface area is 395 Å². The summed E-state index contributed by atoms with van der Waals surface area (Å²) in [5.74, 6) is -0.165. The Bertz CT molecular complexity index is 2850. The lowest BCUT2D eigenvalue weighted by molar-refractivity contribution is 0.0944. The normalized spacial score (nSPS) is 13.5. The van der Waals surface area contributed by atoms with Crippen molar-refractivity contribution < 1.29 is 45.0 Å². The van der Waals surface area contributed by atoms with Crippen LogP contribution in [-0.2, 0) is 33.1 Å². The summed E-state index contributed by atoms with van der Waals surface area (Å²) in [5.41, 5.74) is 4.03. The van der Waals surface area contributed by atoms with Crippen LogP contribution in [0.15, 0.2) is 69.3 Å². The molecule has 23 heteroatoms. The van der Waals surface area contributed by atoms with E-state index in [1.54, 1.807) is 57.9 Å². The van der Waals surface area contributed by atoms with Crippen LogP contribution in [-0.4, -0.2) is 98.2 Å². The van der Waals surface area contributed by atoms with E-state index in [-0.39, 0.29) is 44.9 Å². The molecule has 0 radical (unpaired) electrons. The van der Waals surface area contributed by atoms with E-state index in [9.17, 15) is 35.5 Å². The van der Waals surface area contributed by atoms with E-state index in [2.05, 4.69) is 15.5 Å². The highest BCUT2D eigenvalue weighted by atomic mass is 35.5. The minimum Gasteiger partial charge on any atom is -0.492 e. The summed E-state index contributed by atoms with van der Waals surface area (Å²) >= 11 is 27.3. The molecule has 0 saturated carbocycles. The molecule has 338 valence electrons. The maximum atomic E-state index is 13.8. The lowest BCUT2D eigenvalue weighted by atomic mass is 10.1. The molecule has 0 spiro atoms. The summed E-state index contributed by atoms with van der Waals surface area (Å²) < 4.78 is 82.5. The van der Waals surface area contributed by atoms with Crippen molar-refractivity contribution in [1.82, 2.24) is 24.7 Å². The second-order valence-corrected chi connectivity index (χ2v) is 21.9. The van der Waals surface area contributed by atoms with Gasteiger partial charge in [0.1, 0.15) is 11.5 Å². The molecule has 0 fully saturated rings. The third-order valence-corrected chi connectivity index (χ3v) is 16.5. The van der Waals surface area contributed by atoms with E-state index in [4.69, 9.17) is 55.9 Å². The van der Waals surface area contributed by atoms with Crippen molar-refractivity contribution in [3.63, 3.8) is 0 Å². The largest absolute Gasteiger partial charge is 0.492 e. The van der Waals surface area contributed by atoms with Gasteiger partial charge in [0.25, 0.3) is 11.8 Å². The summed E-state index contributed by atoms with van der Waals surface area (Å²) in [5, 5.41) is 7.43. The number of hydrogen-bond acceptors (Lipinski definition) is 11. The SMILES string of the molecule is CN(CCCNC(=O)c1cn(-c2ccc(Cl)cc2Cl)c2c1CCOc1cc(S(=O)(=O)O)sc1-2)CCCNC(=O)c1cn(-c2ccc(Cl)cc2Cl)c2c1CCOc1cc(S(=O)(=O)O)sc1-2. The molecule has 4 N–H and O–H groups in total. The highest BCUT2D eigenvalue weighted by Gasteiger charge is 2.33. The van der Waals surface area contributed by atoms with E-state index in [1.807, 2.05) is 7.05 Å². The molecular weight excluding hydrogens is 993 g/mol. The first-order valence-corrected chi connectivity index (χ1v) is 25.5. The summed E-state index contributed by atoms with van der Waals surface area (Å²) in [4.78, 5) is 30.5. The van der Waals surface area contributed by atoms with Gasteiger partial charge >= 0.3 is 20.2 Å². The zero-order valence-corrected chi connectivity index (χ0v) is 39.8. The van der Waals surface area contributed by atoms with Crippen molar-refractivity contribution in [2.75, 3.05) is 46.4 Å². The molecule has 0 bridgehead atoms. The molecule has 2 aliphatic heterocycles. The molecule has 64 heavy (non-hydrogen) atoms. The fraction of sp³-hybridized carbons (Fsp3) is 0.268. The van der Waals surface area contributed by atoms with Gasteiger partial charge in [-0.2, -0.15) is 16.8 Å². The van der Waals surface area contributed by atoms with Crippen molar-refractivity contribution in [3.8, 4) is 44.0 Å². The van der Waals surface area contributed by atoms with Gasteiger partial charge in [0.05, 0.1) is 66.9 Å². The number of rotatable bonds is 14. The van der Waals surface area contributed by atoms with Crippen LogP contribution in [0.25, 0.3) is 32.5 Å². The number of benzene rings is 2. The first-order chi connectivity index (χ1) is 30.4. The highest BCUT2D eigenvalue weighted by molar-refractivity contribution is 7.88. The van der Waals surface area contributed by atoms with Crippen molar-refractivity contribution in [2.45, 2.75) is 34.1 Å². The number of halogens is 4. The third-order valence-electron chi connectivity index (χ3n) is 10.6. The standard InChI is InChI=1S/C41H37Cl4N5O10S4/c1-48(12-2-10-46-40(51)26-20-49(30-6-4-22(42)16-28(30)44)36-24(26)8-14-59-32-18-34(61-38(32)36)63(53,54)55)13-3-11-47-41(52)27-21-50(31-7-5-23(43)17-29(31)45)37-25(27)9-15-60-33-19-35(62-39(33)37)64(56,57)58/h4-7,16-21H,2-3,8-15H2,1H3,(H,46,51)(H,47,52)(H,53,54,55)(H,56,57,58). The maximum Gasteiger partial charge on any atom is 0.304 e. The van der Waals surface area contributed by atoms with Gasteiger partial charge < -0.3 is 34.1 Å². The van der Waals surface area contributed by atoms with Gasteiger partial charge in [0, 0.05) is 60.5 Å². The number of nitrogens with one attached hydrogen (secondary N) is 2. The Kier molecular flexibility index (Phi) is 13.5. The number of thiophene rings is 2. The van der Waals surface area contributed by atoms with Crippen LogP contribution in [0.3, 0.4) is 0 Å². The third kappa shape index (κ3) is 9.57. The van der Waals surface area contributed by atoms with Crippen LogP contribution in [0.4, 0.5) is 0 Å². The molecular formula is C41H37Cl4N5O10S4. The molecule has 4 aromatic heterocycles. The summed E-state index contributed by atoms with van der Waals surface area (Å²) in [6.45, 7) is 2.26. The van der Waals surface area contributed by atoms with Gasteiger partial charge in [0.15, 0.2) is 8.42 Å². The van der Waals surface area contributed by atoms with Crippen LogP contribution < -0.4 is 20.1 Å². The molecule has 6 aromatic rings. The van der Waals surface area contributed by atoms with Gasteiger partial charge in [-0.05, 0) is 80.5 Å². The van der Waals surface area contributed by atoms with Gasteiger partial charge in [-0.1, -0.05) is 46.4 Å². The molecule has 8 rings (SSSR count). The number of amides is 2. The molecule has 2 aliphatic rings. The molecule has 0 atom stereocenters. The average Bonchev–Trinajstić information content (AvgIpc) is 3.98. The lowest BCUT2D eigenvalue weighted by Crippen LogP contribution is -2.31.